The first kappa shape index (κ1) is 11.1. The van der Waals surface area contributed by atoms with E-state index < -0.39 is 0 Å². The maximum atomic E-state index is 3.36. The van der Waals surface area contributed by atoms with E-state index in [1.165, 1.54) is 24.1 Å². The molecule has 0 bridgehead atoms. The van der Waals surface area contributed by atoms with Crippen LogP contribution in [0.3, 0.4) is 0 Å². The van der Waals surface area contributed by atoms with E-state index in [0.717, 1.165) is 6.54 Å². The van der Waals surface area contributed by atoms with E-state index in [2.05, 4.69) is 29.6 Å². The minimum Gasteiger partial charge on any atom is -0.385 e. The summed E-state index contributed by atoms with van der Waals surface area (Å²) in [5.41, 5.74) is 2.79. The van der Waals surface area contributed by atoms with Crippen molar-refractivity contribution in [3.63, 3.8) is 0 Å². The zero-order valence-corrected chi connectivity index (χ0v) is 6.51. The summed E-state index contributed by atoms with van der Waals surface area (Å²) in [5, 5.41) is 3.36. The van der Waals surface area contributed by atoms with Gasteiger partial charge in [-0.25, -0.2) is 0 Å². The molecule has 2 heteroatoms. The van der Waals surface area contributed by atoms with Crippen LogP contribution in [0, 0.1) is 0 Å². The van der Waals surface area contributed by atoms with Crippen LogP contribution in [0.1, 0.15) is 19.4 Å². The van der Waals surface area contributed by atoms with Gasteiger partial charge in [-0.1, -0.05) is 25.6 Å². The van der Waals surface area contributed by atoms with Crippen molar-refractivity contribution in [1.82, 2.24) is 0 Å². The minimum atomic E-state index is 0. The van der Waals surface area contributed by atoms with Crippen LogP contribution in [-0.2, 0) is 6.42 Å². The van der Waals surface area contributed by atoms with Gasteiger partial charge in [-0.15, -0.1) is 0 Å². The number of fused-ring (bicyclic) bond motifs is 1. The average molecular weight is 160 g/mol. The summed E-state index contributed by atoms with van der Waals surface area (Å²) >= 11 is 0. The standard InChI is InChI=1S/C9H11N.CH4.B/c1-2-6-9-8(4-1)5-3-7-10-9;;/h1-2,4,6,10H,3,5,7H2;1H4;. The van der Waals surface area contributed by atoms with Gasteiger partial charge in [0, 0.05) is 20.6 Å². The van der Waals surface area contributed by atoms with E-state index in [1.807, 2.05) is 0 Å². The highest BCUT2D eigenvalue weighted by Gasteiger charge is 2.04. The van der Waals surface area contributed by atoms with E-state index in [0.29, 0.717) is 0 Å². The summed E-state index contributed by atoms with van der Waals surface area (Å²) in [7, 11) is 0. The lowest BCUT2D eigenvalue weighted by atomic mass is 10.0. The molecule has 3 radical (unpaired) electrons. The fraction of sp³-hybridized carbons (Fsp3) is 0.400. The number of aryl methyl sites for hydroxylation is 1. The van der Waals surface area contributed by atoms with Gasteiger partial charge >= 0.3 is 0 Å². The Kier molecular flexibility index (Phi) is 4.49. The molecule has 0 atom stereocenters. The summed E-state index contributed by atoms with van der Waals surface area (Å²) < 4.78 is 0. The van der Waals surface area contributed by atoms with Crippen molar-refractivity contribution in [2.45, 2.75) is 20.3 Å². The van der Waals surface area contributed by atoms with Crippen LogP contribution in [0.4, 0.5) is 5.69 Å². The first-order valence-electron chi connectivity index (χ1n) is 3.78. The Bertz CT molecular complexity index is 210. The Morgan fingerprint density at radius 1 is 1.17 bits per heavy atom. The molecule has 1 aromatic rings. The van der Waals surface area contributed by atoms with Crippen LogP contribution in [0.15, 0.2) is 24.3 Å². The maximum absolute atomic E-state index is 3.36. The summed E-state index contributed by atoms with van der Waals surface area (Å²) in [5.74, 6) is 0. The Balaban J connectivity index is 0.000000605. The lowest BCUT2D eigenvalue weighted by Crippen LogP contribution is -2.10. The molecule has 1 heterocycles. The number of hydrogen-bond acceptors (Lipinski definition) is 1. The maximum Gasteiger partial charge on any atom is 0.0372 e. The number of para-hydroxylation sites is 1. The van der Waals surface area contributed by atoms with Gasteiger partial charge in [0.1, 0.15) is 0 Å². The quantitative estimate of drug-likeness (QED) is 0.574. The molecule has 0 amide bonds. The molecule has 63 valence electrons. The van der Waals surface area contributed by atoms with Crippen molar-refractivity contribution in [3.8, 4) is 0 Å². The van der Waals surface area contributed by atoms with Gasteiger partial charge < -0.3 is 5.32 Å². The lowest BCUT2D eigenvalue weighted by molar-refractivity contribution is 0.830. The highest BCUT2D eigenvalue weighted by atomic mass is 14.9. The normalized spacial score (nSPS) is 13.0. The molecule has 0 unspecified atom stereocenters. The van der Waals surface area contributed by atoms with Gasteiger partial charge in [-0.2, -0.15) is 0 Å². The first-order valence-corrected chi connectivity index (χ1v) is 3.78. The van der Waals surface area contributed by atoms with Crippen molar-refractivity contribution >= 4 is 14.1 Å². The van der Waals surface area contributed by atoms with Gasteiger partial charge in [-0.3, -0.25) is 0 Å². The lowest BCUT2D eigenvalue weighted by Gasteiger charge is -2.16. The second-order valence-electron chi connectivity index (χ2n) is 2.69. The van der Waals surface area contributed by atoms with Crippen molar-refractivity contribution in [2.75, 3.05) is 11.9 Å². The molecule has 0 aromatic heterocycles. The number of anilines is 1. The predicted molar refractivity (Wildman–Crippen MR) is 55.7 cm³/mol. The Labute approximate surface area is 76.8 Å². The zero-order valence-electron chi connectivity index (χ0n) is 6.51. The molecule has 1 nitrogen and oxygen atoms in total. The average Bonchev–Trinajstić information content (AvgIpc) is 2.05. The molecule has 1 aliphatic heterocycles. The Morgan fingerprint density at radius 2 is 1.92 bits per heavy atom. The van der Waals surface area contributed by atoms with Gasteiger partial charge in [0.25, 0.3) is 0 Å². The number of benzene rings is 1. The van der Waals surface area contributed by atoms with E-state index in [1.54, 1.807) is 0 Å². The van der Waals surface area contributed by atoms with Gasteiger partial charge in [0.2, 0.25) is 0 Å². The fourth-order valence-corrected chi connectivity index (χ4v) is 1.41. The molecule has 2 rings (SSSR count). The second-order valence-corrected chi connectivity index (χ2v) is 2.69. The molecule has 0 saturated carbocycles. The minimum absolute atomic E-state index is 0. The Morgan fingerprint density at radius 3 is 2.67 bits per heavy atom. The number of hydrogen-bond donors (Lipinski definition) is 1. The highest BCUT2D eigenvalue weighted by molar-refractivity contribution is 5.75. The van der Waals surface area contributed by atoms with Crippen LogP contribution < -0.4 is 5.32 Å². The van der Waals surface area contributed by atoms with Gasteiger partial charge in [0.15, 0.2) is 0 Å². The topological polar surface area (TPSA) is 12.0 Å². The van der Waals surface area contributed by atoms with Crippen LogP contribution in [0.25, 0.3) is 0 Å². The molecule has 1 aliphatic rings. The van der Waals surface area contributed by atoms with Crippen molar-refractivity contribution in [2.24, 2.45) is 0 Å². The number of rotatable bonds is 0. The van der Waals surface area contributed by atoms with E-state index >= 15 is 0 Å². The van der Waals surface area contributed by atoms with Crippen molar-refractivity contribution in [1.29, 1.82) is 0 Å². The third kappa shape index (κ3) is 2.03. The summed E-state index contributed by atoms with van der Waals surface area (Å²) in [6.07, 6.45) is 2.51. The molecule has 1 N–H and O–H groups in total. The zero-order chi connectivity index (χ0) is 6.81. The number of nitrogens with one attached hydrogen (secondary N) is 1. The van der Waals surface area contributed by atoms with Gasteiger partial charge in [0.05, 0.1) is 0 Å². The molecule has 12 heavy (non-hydrogen) atoms. The smallest absolute Gasteiger partial charge is 0.0372 e. The molecule has 0 aliphatic carbocycles. The predicted octanol–water partition coefficient (Wildman–Crippen LogP) is 2.30. The summed E-state index contributed by atoms with van der Waals surface area (Å²) in [4.78, 5) is 0. The molecule has 1 aromatic carbocycles. The van der Waals surface area contributed by atoms with Crippen molar-refractivity contribution < 1.29 is 0 Å². The largest absolute Gasteiger partial charge is 0.385 e. The third-order valence-corrected chi connectivity index (χ3v) is 1.96. The van der Waals surface area contributed by atoms with Gasteiger partial charge in [-0.05, 0) is 24.5 Å². The third-order valence-electron chi connectivity index (χ3n) is 1.96. The summed E-state index contributed by atoms with van der Waals surface area (Å²) in [6, 6.07) is 8.53. The van der Waals surface area contributed by atoms with Crippen LogP contribution in [-0.4, -0.2) is 15.0 Å². The highest BCUT2D eigenvalue weighted by Crippen LogP contribution is 2.19. The fourth-order valence-electron chi connectivity index (χ4n) is 1.41. The van der Waals surface area contributed by atoms with Crippen LogP contribution in [0.5, 0.6) is 0 Å². The van der Waals surface area contributed by atoms with Crippen LogP contribution in [0.2, 0.25) is 0 Å². The molecule has 0 saturated heterocycles. The van der Waals surface area contributed by atoms with E-state index in [9.17, 15) is 0 Å². The molecular weight excluding hydrogens is 145 g/mol. The van der Waals surface area contributed by atoms with Crippen molar-refractivity contribution in [3.05, 3.63) is 29.8 Å². The summed E-state index contributed by atoms with van der Waals surface area (Å²) in [6.45, 7) is 1.14. The molecule has 0 fully saturated rings. The first-order chi connectivity index (χ1) is 4.97. The second kappa shape index (κ2) is 4.86. The molecular formula is C10H15BN. The van der Waals surface area contributed by atoms with E-state index in [4.69, 9.17) is 0 Å². The van der Waals surface area contributed by atoms with E-state index in [-0.39, 0.29) is 15.8 Å². The Hall–Kier alpha value is -0.915. The van der Waals surface area contributed by atoms with Crippen LogP contribution >= 0.6 is 0 Å². The monoisotopic (exact) mass is 160 g/mol. The SMILES string of the molecule is C.[B].c1ccc2c(c1)CCCN2. The molecule has 0 spiro atoms.